The Morgan fingerprint density at radius 2 is 1.54 bits per heavy atom. The van der Waals surface area contributed by atoms with Crippen LogP contribution in [0.3, 0.4) is 0 Å². The lowest BCUT2D eigenvalue weighted by atomic mass is 10.1. The van der Waals surface area contributed by atoms with E-state index in [1.807, 2.05) is 26.0 Å². The molecule has 1 fully saturated rings. The van der Waals surface area contributed by atoms with Gasteiger partial charge in [-0.15, -0.1) is 24.8 Å². The van der Waals surface area contributed by atoms with Crippen molar-refractivity contribution < 1.29 is 9.47 Å². The minimum Gasteiger partial charge on any atom is -0.454 e. The van der Waals surface area contributed by atoms with Gasteiger partial charge < -0.3 is 14.4 Å². The Morgan fingerprint density at radius 1 is 0.885 bits per heavy atom. The largest absolute Gasteiger partial charge is 0.454 e. The fourth-order valence-electron chi connectivity index (χ4n) is 3.25. The first-order valence-electron chi connectivity index (χ1n) is 8.35. The van der Waals surface area contributed by atoms with E-state index in [2.05, 4.69) is 31.9 Å². The van der Waals surface area contributed by atoms with Crippen molar-refractivity contribution in [2.24, 2.45) is 0 Å². The summed E-state index contributed by atoms with van der Waals surface area (Å²) in [6.45, 7) is 9.21. The zero-order chi connectivity index (χ0) is 16.5. The molecule has 1 saturated heterocycles. The fraction of sp³-hybridized carbons (Fsp3) is 0.444. The molecule has 0 bridgehead atoms. The second-order valence-electron chi connectivity index (χ2n) is 6.40. The van der Waals surface area contributed by atoms with Crippen LogP contribution in [0.4, 0.5) is 5.95 Å². The van der Waals surface area contributed by atoms with E-state index in [0.717, 1.165) is 61.6 Å². The molecular weight excluding hydrogens is 375 g/mol. The zero-order valence-electron chi connectivity index (χ0n) is 15.0. The third-order valence-corrected chi connectivity index (χ3v) is 4.47. The van der Waals surface area contributed by atoms with Gasteiger partial charge >= 0.3 is 0 Å². The van der Waals surface area contributed by atoms with Crippen molar-refractivity contribution in [3.05, 3.63) is 41.2 Å². The van der Waals surface area contributed by atoms with Crippen LogP contribution < -0.4 is 14.4 Å². The van der Waals surface area contributed by atoms with Crippen LogP contribution in [-0.2, 0) is 6.54 Å². The Labute approximate surface area is 166 Å². The van der Waals surface area contributed by atoms with Crippen LogP contribution in [-0.4, -0.2) is 47.8 Å². The molecule has 3 heterocycles. The molecule has 8 heteroatoms. The van der Waals surface area contributed by atoms with Crippen LogP contribution in [0, 0.1) is 13.8 Å². The molecule has 0 amide bonds. The molecule has 26 heavy (non-hydrogen) atoms. The van der Waals surface area contributed by atoms with Crippen LogP contribution in [0.25, 0.3) is 0 Å². The molecule has 0 saturated carbocycles. The fourth-order valence-corrected chi connectivity index (χ4v) is 3.25. The molecule has 2 aliphatic rings. The van der Waals surface area contributed by atoms with Gasteiger partial charge in [0.15, 0.2) is 11.5 Å². The summed E-state index contributed by atoms with van der Waals surface area (Å²) in [4.78, 5) is 13.9. The molecule has 2 aliphatic heterocycles. The van der Waals surface area contributed by atoms with Crippen molar-refractivity contribution in [1.82, 2.24) is 14.9 Å². The third kappa shape index (κ3) is 4.50. The second-order valence-corrected chi connectivity index (χ2v) is 6.40. The van der Waals surface area contributed by atoms with Crippen LogP contribution in [0.15, 0.2) is 24.3 Å². The Hall–Kier alpha value is -1.76. The SMILES string of the molecule is Cc1cc(C)nc(N2CCN(Cc3ccc4c(c3)OCO4)CC2)n1.Cl.Cl. The van der Waals surface area contributed by atoms with Crippen molar-refractivity contribution in [3.8, 4) is 11.5 Å². The molecule has 142 valence electrons. The van der Waals surface area contributed by atoms with Crippen molar-refractivity contribution in [1.29, 1.82) is 0 Å². The van der Waals surface area contributed by atoms with Crippen molar-refractivity contribution in [3.63, 3.8) is 0 Å². The molecule has 0 atom stereocenters. The molecule has 4 rings (SSSR count). The number of halogens is 2. The van der Waals surface area contributed by atoms with Gasteiger partial charge in [-0.1, -0.05) is 6.07 Å². The van der Waals surface area contributed by atoms with Gasteiger partial charge in [0.25, 0.3) is 0 Å². The number of anilines is 1. The second kappa shape index (κ2) is 8.75. The van der Waals surface area contributed by atoms with Crippen molar-refractivity contribution >= 4 is 30.8 Å². The summed E-state index contributed by atoms with van der Waals surface area (Å²) in [5.74, 6) is 2.56. The number of hydrogen-bond acceptors (Lipinski definition) is 6. The third-order valence-electron chi connectivity index (χ3n) is 4.47. The molecule has 6 nitrogen and oxygen atoms in total. The lowest BCUT2D eigenvalue weighted by Gasteiger charge is -2.34. The monoisotopic (exact) mass is 398 g/mol. The van der Waals surface area contributed by atoms with Gasteiger partial charge in [0, 0.05) is 44.1 Å². The van der Waals surface area contributed by atoms with E-state index >= 15 is 0 Å². The molecule has 0 N–H and O–H groups in total. The number of nitrogens with zero attached hydrogens (tertiary/aromatic N) is 4. The average molecular weight is 399 g/mol. The maximum Gasteiger partial charge on any atom is 0.231 e. The first-order chi connectivity index (χ1) is 11.7. The van der Waals surface area contributed by atoms with E-state index in [9.17, 15) is 0 Å². The van der Waals surface area contributed by atoms with Gasteiger partial charge in [-0.05, 0) is 37.6 Å². The molecule has 0 spiro atoms. The predicted octanol–water partition coefficient (Wildman–Crippen LogP) is 2.99. The molecule has 0 radical (unpaired) electrons. The quantitative estimate of drug-likeness (QED) is 0.791. The normalized spacial score (nSPS) is 16.0. The zero-order valence-corrected chi connectivity index (χ0v) is 16.6. The number of aryl methyl sites for hydroxylation is 2. The number of fused-ring (bicyclic) bond motifs is 1. The summed E-state index contributed by atoms with van der Waals surface area (Å²) in [5, 5.41) is 0. The maximum atomic E-state index is 5.46. The number of piperazine rings is 1. The van der Waals surface area contributed by atoms with Gasteiger partial charge in [0.05, 0.1) is 0 Å². The van der Waals surface area contributed by atoms with Gasteiger partial charge in [-0.3, -0.25) is 4.90 Å². The minimum absolute atomic E-state index is 0. The van der Waals surface area contributed by atoms with E-state index in [1.54, 1.807) is 0 Å². The molecular formula is C18H24Cl2N4O2. The summed E-state index contributed by atoms with van der Waals surface area (Å²) in [7, 11) is 0. The molecule has 2 aromatic rings. The maximum absolute atomic E-state index is 5.46. The topological polar surface area (TPSA) is 50.7 Å². The van der Waals surface area contributed by atoms with Crippen LogP contribution in [0.2, 0.25) is 0 Å². The highest BCUT2D eigenvalue weighted by Gasteiger charge is 2.20. The van der Waals surface area contributed by atoms with Gasteiger partial charge in [-0.25, -0.2) is 9.97 Å². The minimum atomic E-state index is 0. The highest BCUT2D eigenvalue weighted by molar-refractivity contribution is 5.85. The van der Waals surface area contributed by atoms with Gasteiger partial charge in [0.1, 0.15) is 0 Å². The van der Waals surface area contributed by atoms with Crippen LogP contribution in [0.1, 0.15) is 17.0 Å². The standard InChI is InChI=1S/C18H22N4O2.2ClH/c1-13-9-14(2)20-18(19-13)22-7-5-21(6-8-22)11-15-3-4-16-17(10-15)24-12-23-16;;/h3-4,9-10H,5-8,11-12H2,1-2H3;2*1H. The average Bonchev–Trinajstić information content (AvgIpc) is 3.02. The summed E-state index contributed by atoms with van der Waals surface area (Å²) < 4.78 is 10.8. The van der Waals surface area contributed by atoms with Gasteiger partial charge in [-0.2, -0.15) is 0 Å². The van der Waals surface area contributed by atoms with E-state index in [-0.39, 0.29) is 24.8 Å². The van der Waals surface area contributed by atoms with Gasteiger partial charge in [0.2, 0.25) is 12.7 Å². The smallest absolute Gasteiger partial charge is 0.231 e. The summed E-state index contributed by atoms with van der Waals surface area (Å²) in [6, 6.07) is 8.21. The lowest BCUT2D eigenvalue weighted by Crippen LogP contribution is -2.46. The highest BCUT2D eigenvalue weighted by Crippen LogP contribution is 2.32. The van der Waals surface area contributed by atoms with Crippen LogP contribution >= 0.6 is 24.8 Å². The van der Waals surface area contributed by atoms with Crippen LogP contribution in [0.5, 0.6) is 11.5 Å². The van der Waals surface area contributed by atoms with E-state index in [1.165, 1.54) is 5.56 Å². The van der Waals surface area contributed by atoms with E-state index in [0.29, 0.717) is 6.79 Å². The van der Waals surface area contributed by atoms with Crippen molar-refractivity contribution in [2.75, 3.05) is 37.9 Å². The number of ether oxygens (including phenoxy) is 2. The summed E-state index contributed by atoms with van der Waals surface area (Å²) in [5.41, 5.74) is 3.32. The summed E-state index contributed by atoms with van der Waals surface area (Å²) >= 11 is 0. The lowest BCUT2D eigenvalue weighted by molar-refractivity contribution is 0.174. The first-order valence-corrected chi connectivity index (χ1v) is 8.35. The Morgan fingerprint density at radius 3 is 2.23 bits per heavy atom. The summed E-state index contributed by atoms with van der Waals surface area (Å²) in [6.07, 6.45) is 0. The van der Waals surface area contributed by atoms with E-state index < -0.39 is 0 Å². The Kier molecular flexibility index (Phi) is 6.92. The first kappa shape index (κ1) is 20.6. The number of aromatic nitrogens is 2. The highest BCUT2D eigenvalue weighted by atomic mass is 35.5. The Balaban J connectivity index is 0.00000121. The molecule has 1 aromatic carbocycles. The van der Waals surface area contributed by atoms with Crippen molar-refractivity contribution in [2.45, 2.75) is 20.4 Å². The number of benzene rings is 1. The molecule has 0 unspecified atom stereocenters. The number of hydrogen-bond donors (Lipinski definition) is 0. The van der Waals surface area contributed by atoms with E-state index in [4.69, 9.17) is 9.47 Å². The molecule has 0 aliphatic carbocycles. The predicted molar refractivity (Wildman–Crippen MR) is 106 cm³/mol. The number of rotatable bonds is 3. The Bertz CT molecular complexity index is 732. The molecule has 1 aromatic heterocycles.